The molecule has 2 aromatic rings. The van der Waals surface area contributed by atoms with Crippen LogP contribution in [0.4, 0.5) is 0 Å². The van der Waals surface area contributed by atoms with Gasteiger partial charge in [0.15, 0.2) is 0 Å². The fourth-order valence-corrected chi connectivity index (χ4v) is 1.79. The van der Waals surface area contributed by atoms with Crippen molar-refractivity contribution < 1.29 is 9.47 Å². The van der Waals surface area contributed by atoms with E-state index in [0.29, 0.717) is 13.2 Å². The first-order chi connectivity index (χ1) is 9.40. The molecule has 19 heavy (non-hydrogen) atoms. The molecule has 2 rings (SSSR count). The summed E-state index contributed by atoms with van der Waals surface area (Å²) in [4.78, 5) is 0. The highest BCUT2D eigenvalue weighted by Gasteiger charge is 2.06. The Bertz CT molecular complexity index is 479. The molecule has 2 heteroatoms. The number of rotatable bonds is 7. The van der Waals surface area contributed by atoms with Gasteiger partial charge >= 0.3 is 0 Å². The first kappa shape index (κ1) is 13.4. The Labute approximate surface area is 114 Å². The van der Waals surface area contributed by atoms with Gasteiger partial charge in [0.2, 0.25) is 0 Å². The van der Waals surface area contributed by atoms with Crippen LogP contribution in [0.5, 0.6) is 5.75 Å². The molecule has 0 N–H and O–H groups in total. The molecule has 0 aromatic heterocycles. The fraction of sp³-hybridized carbons (Fsp3) is 0.176. The first-order valence-corrected chi connectivity index (χ1v) is 6.37. The highest BCUT2D eigenvalue weighted by molar-refractivity contribution is 5.21. The molecule has 0 aliphatic carbocycles. The zero-order valence-corrected chi connectivity index (χ0v) is 10.9. The minimum Gasteiger partial charge on any atom is -0.491 e. The van der Waals surface area contributed by atoms with Gasteiger partial charge in [0.25, 0.3) is 0 Å². The molecule has 0 spiro atoms. The van der Waals surface area contributed by atoms with Crippen LogP contribution in [0.2, 0.25) is 0 Å². The number of hydrogen-bond acceptors (Lipinski definition) is 2. The van der Waals surface area contributed by atoms with Crippen LogP contribution in [0.15, 0.2) is 73.3 Å². The first-order valence-electron chi connectivity index (χ1n) is 6.37. The highest BCUT2D eigenvalue weighted by atomic mass is 16.5. The third kappa shape index (κ3) is 4.27. The average molecular weight is 254 g/mol. The fourth-order valence-electron chi connectivity index (χ4n) is 1.79. The molecule has 2 nitrogen and oxygen atoms in total. The van der Waals surface area contributed by atoms with E-state index in [0.717, 1.165) is 11.3 Å². The Hall–Kier alpha value is -2.06. The lowest BCUT2D eigenvalue weighted by atomic mass is 10.1. The van der Waals surface area contributed by atoms with Gasteiger partial charge in [-0.3, -0.25) is 0 Å². The van der Waals surface area contributed by atoms with E-state index in [4.69, 9.17) is 9.47 Å². The van der Waals surface area contributed by atoms with Crippen LogP contribution in [-0.2, 0) is 4.74 Å². The number of hydrogen-bond donors (Lipinski definition) is 0. The van der Waals surface area contributed by atoms with Crippen LogP contribution in [0, 0.1) is 0 Å². The maximum atomic E-state index is 5.76. The zero-order valence-electron chi connectivity index (χ0n) is 10.9. The van der Waals surface area contributed by atoms with E-state index in [1.165, 1.54) is 0 Å². The van der Waals surface area contributed by atoms with E-state index in [-0.39, 0.29) is 6.10 Å². The molecule has 0 heterocycles. The molecule has 0 aliphatic rings. The zero-order chi connectivity index (χ0) is 13.3. The van der Waals surface area contributed by atoms with E-state index in [1.807, 2.05) is 60.7 Å². The summed E-state index contributed by atoms with van der Waals surface area (Å²) in [6.45, 7) is 4.87. The number of ether oxygens (including phenoxy) is 2. The second-order valence-electron chi connectivity index (χ2n) is 4.10. The Kier molecular flexibility index (Phi) is 5.20. The topological polar surface area (TPSA) is 18.5 Å². The summed E-state index contributed by atoms with van der Waals surface area (Å²) in [5.74, 6) is 0.862. The molecule has 0 saturated carbocycles. The van der Waals surface area contributed by atoms with Gasteiger partial charge in [-0.2, -0.15) is 0 Å². The van der Waals surface area contributed by atoms with Gasteiger partial charge < -0.3 is 9.47 Å². The summed E-state index contributed by atoms with van der Waals surface area (Å²) in [6, 6.07) is 19.8. The summed E-state index contributed by atoms with van der Waals surface area (Å²) >= 11 is 0. The van der Waals surface area contributed by atoms with E-state index in [2.05, 4.69) is 6.58 Å². The molecule has 1 atom stereocenters. The largest absolute Gasteiger partial charge is 0.491 e. The van der Waals surface area contributed by atoms with Crippen molar-refractivity contribution in [3.63, 3.8) is 0 Å². The van der Waals surface area contributed by atoms with E-state index in [9.17, 15) is 0 Å². The maximum absolute atomic E-state index is 5.76. The quantitative estimate of drug-likeness (QED) is 0.549. The van der Waals surface area contributed by atoms with Crippen LogP contribution in [0.3, 0.4) is 0 Å². The number of benzene rings is 2. The van der Waals surface area contributed by atoms with Gasteiger partial charge in [0, 0.05) is 0 Å². The molecule has 0 fully saturated rings. The van der Waals surface area contributed by atoms with Crippen molar-refractivity contribution in [3.05, 3.63) is 78.9 Å². The third-order valence-corrected chi connectivity index (χ3v) is 2.73. The van der Waals surface area contributed by atoms with Gasteiger partial charge in [0.1, 0.15) is 18.5 Å². The van der Waals surface area contributed by atoms with Crippen molar-refractivity contribution in [2.45, 2.75) is 6.10 Å². The van der Waals surface area contributed by atoms with Crippen molar-refractivity contribution in [2.24, 2.45) is 0 Å². The van der Waals surface area contributed by atoms with Crippen molar-refractivity contribution in [2.75, 3.05) is 13.2 Å². The summed E-state index contributed by atoms with van der Waals surface area (Å²) in [7, 11) is 0. The SMILES string of the molecule is C=CC(OCCOc1ccccc1)c1ccccc1. The van der Waals surface area contributed by atoms with Gasteiger partial charge in [0.05, 0.1) is 6.61 Å². The minimum atomic E-state index is -0.0828. The Balaban J connectivity index is 1.77. The molecule has 2 aromatic carbocycles. The summed E-state index contributed by atoms with van der Waals surface area (Å²) in [5.41, 5.74) is 1.11. The lowest BCUT2D eigenvalue weighted by Crippen LogP contribution is -2.10. The van der Waals surface area contributed by atoms with Crippen molar-refractivity contribution in [3.8, 4) is 5.75 Å². The molecule has 0 aliphatic heterocycles. The standard InChI is InChI=1S/C17H18O2/c1-2-17(15-9-5-3-6-10-15)19-14-13-18-16-11-7-4-8-12-16/h2-12,17H,1,13-14H2. The maximum Gasteiger partial charge on any atom is 0.119 e. The lowest BCUT2D eigenvalue weighted by Gasteiger charge is -2.14. The normalized spacial score (nSPS) is 11.8. The minimum absolute atomic E-state index is 0.0828. The Morgan fingerprint density at radius 1 is 0.895 bits per heavy atom. The summed E-state index contributed by atoms with van der Waals surface area (Å²) in [5, 5.41) is 0. The predicted octanol–water partition coefficient (Wildman–Crippen LogP) is 4.01. The molecule has 98 valence electrons. The van der Waals surface area contributed by atoms with Crippen LogP contribution in [0.1, 0.15) is 11.7 Å². The van der Waals surface area contributed by atoms with Gasteiger partial charge in [-0.25, -0.2) is 0 Å². The molecular formula is C17H18O2. The van der Waals surface area contributed by atoms with E-state index >= 15 is 0 Å². The third-order valence-electron chi connectivity index (χ3n) is 2.73. The van der Waals surface area contributed by atoms with Gasteiger partial charge in [-0.1, -0.05) is 54.6 Å². The summed E-state index contributed by atoms with van der Waals surface area (Å²) < 4.78 is 11.3. The van der Waals surface area contributed by atoms with Gasteiger partial charge in [-0.15, -0.1) is 6.58 Å². The van der Waals surface area contributed by atoms with Crippen molar-refractivity contribution >= 4 is 0 Å². The molecule has 0 radical (unpaired) electrons. The monoisotopic (exact) mass is 254 g/mol. The lowest BCUT2D eigenvalue weighted by molar-refractivity contribution is 0.0605. The van der Waals surface area contributed by atoms with Crippen LogP contribution in [0.25, 0.3) is 0 Å². The molecule has 0 amide bonds. The van der Waals surface area contributed by atoms with Crippen LogP contribution < -0.4 is 4.74 Å². The predicted molar refractivity (Wildman–Crippen MR) is 77.3 cm³/mol. The smallest absolute Gasteiger partial charge is 0.119 e. The Morgan fingerprint density at radius 2 is 1.53 bits per heavy atom. The molecule has 0 saturated heterocycles. The average Bonchev–Trinajstić information content (AvgIpc) is 2.49. The second-order valence-corrected chi connectivity index (χ2v) is 4.10. The molecular weight excluding hydrogens is 236 g/mol. The number of para-hydroxylation sites is 1. The van der Waals surface area contributed by atoms with Gasteiger partial charge in [-0.05, 0) is 17.7 Å². The second kappa shape index (κ2) is 7.39. The van der Waals surface area contributed by atoms with E-state index < -0.39 is 0 Å². The summed E-state index contributed by atoms with van der Waals surface area (Å²) in [6.07, 6.45) is 1.72. The molecule has 1 unspecified atom stereocenters. The van der Waals surface area contributed by atoms with Crippen molar-refractivity contribution in [1.82, 2.24) is 0 Å². The Morgan fingerprint density at radius 3 is 2.16 bits per heavy atom. The van der Waals surface area contributed by atoms with Crippen LogP contribution >= 0.6 is 0 Å². The van der Waals surface area contributed by atoms with E-state index in [1.54, 1.807) is 6.08 Å². The highest BCUT2D eigenvalue weighted by Crippen LogP contribution is 2.17. The van der Waals surface area contributed by atoms with Crippen molar-refractivity contribution in [1.29, 1.82) is 0 Å². The van der Waals surface area contributed by atoms with Crippen LogP contribution in [-0.4, -0.2) is 13.2 Å². The molecule has 0 bridgehead atoms.